The molecule has 2 aromatic heterocycles. The topological polar surface area (TPSA) is 95.5 Å². The van der Waals surface area contributed by atoms with E-state index in [-0.39, 0.29) is 5.91 Å². The lowest BCUT2D eigenvalue weighted by molar-refractivity contribution is -0.114. The molecule has 3 rings (SSSR count). The van der Waals surface area contributed by atoms with Gasteiger partial charge in [-0.25, -0.2) is 4.98 Å². The largest absolute Gasteiger partial charge is 0.310 e. The molecule has 1 saturated heterocycles. The first-order valence-electron chi connectivity index (χ1n) is 8.24. The van der Waals surface area contributed by atoms with Crippen molar-refractivity contribution in [2.75, 3.05) is 29.8 Å². The van der Waals surface area contributed by atoms with Gasteiger partial charge in [0.25, 0.3) is 0 Å². The van der Waals surface area contributed by atoms with Crippen LogP contribution in [0.4, 0.5) is 11.5 Å². The predicted octanol–water partition coefficient (Wildman–Crippen LogP) is 1.80. The Kier molecular flexibility index (Phi) is 4.92. The van der Waals surface area contributed by atoms with Gasteiger partial charge in [-0.1, -0.05) is 0 Å². The van der Waals surface area contributed by atoms with Crippen LogP contribution < -0.4 is 9.62 Å². The number of amides is 1. The molecular weight excluding hydrogens is 354 g/mol. The van der Waals surface area contributed by atoms with E-state index in [9.17, 15) is 13.2 Å². The second kappa shape index (κ2) is 7.00. The molecule has 0 aromatic carbocycles. The molecule has 3 heterocycles. The van der Waals surface area contributed by atoms with Gasteiger partial charge in [0, 0.05) is 45.0 Å². The van der Waals surface area contributed by atoms with E-state index in [4.69, 9.17) is 0 Å². The maximum atomic E-state index is 12.7. The molecule has 0 bridgehead atoms. The lowest BCUT2D eigenvalue weighted by atomic mass is 10.1. The Hall–Kier alpha value is -2.52. The van der Waals surface area contributed by atoms with Crippen molar-refractivity contribution in [3.63, 3.8) is 0 Å². The summed E-state index contributed by atoms with van der Waals surface area (Å²) >= 11 is 0. The smallest absolute Gasteiger partial charge is 0.303 e. The van der Waals surface area contributed by atoms with Crippen LogP contribution in [0.2, 0.25) is 0 Å². The van der Waals surface area contributed by atoms with Crippen LogP contribution in [0.3, 0.4) is 0 Å². The lowest BCUT2D eigenvalue weighted by Gasteiger charge is -2.34. The van der Waals surface area contributed by atoms with Gasteiger partial charge < -0.3 is 5.32 Å². The van der Waals surface area contributed by atoms with Crippen molar-refractivity contribution in [3.05, 3.63) is 36.3 Å². The van der Waals surface area contributed by atoms with Crippen LogP contribution in [-0.2, 0) is 15.0 Å². The van der Waals surface area contributed by atoms with Crippen LogP contribution in [0.25, 0.3) is 11.1 Å². The summed E-state index contributed by atoms with van der Waals surface area (Å²) in [5.41, 5.74) is 2.48. The fraction of sp³-hybridized carbons (Fsp3) is 0.353. The average molecular weight is 375 g/mol. The minimum absolute atomic E-state index is 0.245. The molecule has 2 aromatic rings. The highest BCUT2D eigenvalue weighted by Crippen LogP contribution is 2.34. The van der Waals surface area contributed by atoms with Gasteiger partial charge >= 0.3 is 10.2 Å². The first-order chi connectivity index (χ1) is 12.3. The molecule has 8 nitrogen and oxygen atoms in total. The number of aromatic nitrogens is 2. The van der Waals surface area contributed by atoms with Crippen molar-refractivity contribution in [1.82, 2.24) is 14.3 Å². The van der Waals surface area contributed by atoms with Crippen molar-refractivity contribution >= 4 is 27.6 Å². The van der Waals surface area contributed by atoms with Gasteiger partial charge in [-0.15, -0.1) is 0 Å². The number of hydrogen-bond donors (Lipinski definition) is 1. The molecule has 1 aliphatic rings. The number of carbonyl (C=O) groups excluding carboxylic acids is 1. The third-order valence-electron chi connectivity index (χ3n) is 4.25. The van der Waals surface area contributed by atoms with E-state index in [1.54, 1.807) is 44.6 Å². The fourth-order valence-corrected chi connectivity index (χ4v) is 4.43. The number of rotatable bonds is 3. The fourth-order valence-electron chi connectivity index (χ4n) is 2.94. The second-order valence-electron chi connectivity index (χ2n) is 6.16. The van der Waals surface area contributed by atoms with E-state index in [1.165, 1.54) is 15.5 Å². The maximum absolute atomic E-state index is 12.7. The van der Waals surface area contributed by atoms with E-state index < -0.39 is 10.2 Å². The SMILES string of the molecule is CC(=O)Nc1nc(C)c(N2CCCN(C)S2(=O)=O)cc1-c1ccncc1. The van der Waals surface area contributed by atoms with E-state index in [0.717, 1.165) is 12.0 Å². The zero-order chi connectivity index (χ0) is 18.9. The maximum Gasteiger partial charge on any atom is 0.303 e. The standard InChI is InChI=1S/C17H21N5O3S/c1-12-16(22-10-4-9-21(3)26(22,24)25)11-15(14-5-7-18-8-6-14)17(19-12)20-13(2)23/h5-8,11H,4,9-10H2,1-3H3,(H,19,20,23). The van der Waals surface area contributed by atoms with Crippen molar-refractivity contribution in [1.29, 1.82) is 0 Å². The molecule has 0 radical (unpaired) electrons. The second-order valence-corrected chi connectivity index (χ2v) is 8.12. The Labute approximate surface area is 153 Å². The van der Waals surface area contributed by atoms with Crippen molar-refractivity contribution in [3.8, 4) is 11.1 Å². The molecule has 0 atom stereocenters. The molecule has 1 N–H and O–H groups in total. The molecule has 0 saturated carbocycles. The third-order valence-corrected chi connectivity index (χ3v) is 6.15. The normalized spacial score (nSPS) is 17.1. The number of nitrogens with one attached hydrogen (secondary N) is 1. The zero-order valence-corrected chi connectivity index (χ0v) is 15.7. The number of anilines is 2. The van der Waals surface area contributed by atoms with Crippen LogP contribution in [0.15, 0.2) is 30.6 Å². The van der Waals surface area contributed by atoms with Gasteiger partial charge in [-0.3, -0.25) is 14.1 Å². The van der Waals surface area contributed by atoms with Gasteiger partial charge in [-0.05, 0) is 37.1 Å². The summed E-state index contributed by atoms with van der Waals surface area (Å²) < 4.78 is 28.2. The van der Waals surface area contributed by atoms with Gasteiger partial charge in [-0.2, -0.15) is 12.7 Å². The van der Waals surface area contributed by atoms with Gasteiger partial charge in [0.1, 0.15) is 5.82 Å². The van der Waals surface area contributed by atoms with Crippen molar-refractivity contribution < 1.29 is 13.2 Å². The summed E-state index contributed by atoms with van der Waals surface area (Å²) in [6.45, 7) is 4.03. The third kappa shape index (κ3) is 3.40. The monoisotopic (exact) mass is 375 g/mol. The molecule has 1 amide bonds. The predicted molar refractivity (Wildman–Crippen MR) is 100 cm³/mol. The summed E-state index contributed by atoms with van der Waals surface area (Å²) in [5, 5.41) is 2.72. The Balaban J connectivity index is 2.17. The Morgan fingerprint density at radius 3 is 2.58 bits per heavy atom. The molecule has 26 heavy (non-hydrogen) atoms. The number of carbonyl (C=O) groups is 1. The van der Waals surface area contributed by atoms with E-state index >= 15 is 0 Å². The molecule has 9 heteroatoms. The summed E-state index contributed by atoms with van der Waals surface area (Å²) in [6.07, 6.45) is 4.00. The quantitative estimate of drug-likeness (QED) is 0.882. The summed E-state index contributed by atoms with van der Waals surface area (Å²) in [4.78, 5) is 20.0. The highest BCUT2D eigenvalue weighted by Gasteiger charge is 2.32. The average Bonchev–Trinajstić information content (AvgIpc) is 2.58. The number of pyridine rings is 2. The zero-order valence-electron chi connectivity index (χ0n) is 14.9. The first-order valence-corrected chi connectivity index (χ1v) is 9.64. The molecule has 1 fully saturated rings. The summed E-state index contributed by atoms with van der Waals surface area (Å²) in [5.74, 6) is 0.151. The lowest BCUT2D eigenvalue weighted by Crippen LogP contribution is -2.48. The number of nitrogens with zero attached hydrogens (tertiary/aromatic N) is 4. The minimum atomic E-state index is -3.59. The number of hydrogen-bond acceptors (Lipinski definition) is 5. The highest BCUT2D eigenvalue weighted by atomic mass is 32.2. The van der Waals surface area contributed by atoms with E-state index in [0.29, 0.717) is 35.9 Å². The van der Waals surface area contributed by atoms with Crippen LogP contribution in [-0.4, -0.2) is 48.7 Å². The number of aryl methyl sites for hydroxylation is 1. The van der Waals surface area contributed by atoms with Crippen LogP contribution in [0.1, 0.15) is 19.0 Å². The minimum Gasteiger partial charge on any atom is -0.310 e. The summed E-state index contributed by atoms with van der Waals surface area (Å²) in [7, 11) is -2.02. The van der Waals surface area contributed by atoms with Crippen LogP contribution in [0.5, 0.6) is 0 Å². The molecule has 1 aliphatic heterocycles. The molecule has 0 aliphatic carbocycles. The molecular formula is C17H21N5O3S. The van der Waals surface area contributed by atoms with E-state index in [2.05, 4.69) is 15.3 Å². The van der Waals surface area contributed by atoms with Crippen LogP contribution >= 0.6 is 0 Å². The Morgan fingerprint density at radius 1 is 1.23 bits per heavy atom. The summed E-state index contributed by atoms with van der Waals surface area (Å²) in [6, 6.07) is 5.34. The highest BCUT2D eigenvalue weighted by molar-refractivity contribution is 7.90. The first kappa shape index (κ1) is 18.3. The Morgan fingerprint density at radius 2 is 1.92 bits per heavy atom. The Bertz CT molecular complexity index is 931. The van der Waals surface area contributed by atoms with E-state index in [1.807, 2.05) is 0 Å². The van der Waals surface area contributed by atoms with Crippen molar-refractivity contribution in [2.24, 2.45) is 0 Å². The molecule has 0 spiro atoms. The van der Waals surface area contributed by atoms with Gasteiger partial charge in [0.05, 0.1) is 11.4 Å². The molecule has 138 valence electrons. The van der Waals surface area contributed by atoms with Crippen LogP contribution in [0, 0.1) is 6.92 Å². The van der Waals surface area contributed by atoms with Gasteiger partial charge in [0.15, 0.2) is 0 Å². The van der Waals surface area contributed by atoms with Gasteiger partial charge in [0.2, 0.25) is 5.91 Å². The molecule has 0 unspecified atom stereocenters. The van der Waals surface area contributed by atoms with Crippen molar-refractivity contribution in [2.45, 2.75) is 20.3 Å².